The zero-order chi connectivity index (χ0) is 22.9. The maximum absolute atomic E-state index is 13.4. The number of nitrogens with one attached hydrogen (secondary N) is 1. The minimum absolute atomic E-state index is 0.0977. The molecule has 0 aliphatic carbocycles. The average molecular weight is 490 g/mol. The summed E-state index contributed by atoms with van der Waals surface area (Å²) in [4.78, 5) is 0.0977. The molecule has 0 fully saturated rings. The van der Waals surface area contributed by atoms with E-state index in [1.165, 1.54) is 24.3 Å². The van der Waals surface area contributed by atoms with Crippen molar-refractivity contribution >= 4 is 43.0 Å². The van der Waals surface area contributed by atoms with E-state index in [2.05, 4.69) is 9.82 Å². The predicted molar refractivity (Wildman–Crippen MR) is 126 cm³/mol. The van der Waals surface area contributed by atoms with Gasteiger partial charge in [-0.3, -0.25) is 4.72 Å². The Balaban J connectivity index is 1.72. The second kappa shape index (κ2) is 8.57. The summed E-state index contributed by atoms with van der Waals surface area (Å²) in [5.74, 6) is 0. The number of sulfonamides is 2. The fraction of sp³-hybridized carbons (Fsp3) is 0.136. The third-order valence-electron chi connectivity index (χ3n) is 4.94. The first-order valence-corrected chi connectivity index (χ1v) is 13.3. The van der Waals surface area contributed by atoms with Crippen LogP contribution in [0, 0.1) is 0 Å². The van der Waals surface area contributed by atoms with Gasteiger partial charge in [0.1, 0.15) is 0 Å². The molecular weight excluding hydrogens is 470 g/mol. The van der Waals surface area contributed by atoms with E-state index in [1.807, 2.05) is 30.3 Å². The Morgan fingerprint density at radius 2 is 1.53 bits per heavy atom. The lowest BCUT2D eigenvalue weighted by Gasteiger charge is -2.23. The molecule has 3 aromatic rings. The highest BCUT2D eigenvalue weighted by atomic mass is 35.5. The number of hydrogen-bond acceptors (Lipinski definition) is 5. The fourth-order valence-electron chi connectivity index (χ4n) is 3.47. The first-order chi connectivity index (χ1) is 15.1. The van der Waals surface area contributed by atoms with E-state index in [4.69, 9.17) is 11.6 Å². The zero-order valence-electron chi connectivity index (χ0n) is 17.0. The molecule has 1 aliphatic heterocycles. The Kier molecular flexibility index (Phi) is 5.98. The minimum atomic E-state index is -3.93. The lowest BCUT2D eigenvalue weighted by atomic mass is 9.99. The van der Waals surface area contributed by atoms with Crippen LogP contribution in [-0.4, -0.2) is 33.2 Å². The molecule has 4 rings (SSSR count). The molecule has 0 spiro atoms. The van der Waals surface area contributed by atoms with Crippen molar-refractivity contribution in [3.05, 3.63) is 95.0 Å². The topological polar surface area (TPSA) is 95.9 Å². The van der Waals surface area contributed by atoms with E-state index in [9.17, 15) is 16.8 Å². The van der Waals surface area contributed by atoms with Gasteiger partial charge in [0.2, 0.25) is 10.0 Å². The molecule has 0 bridgehead atoms. The Morgan fingerprint density at radius 3 is 2.12 bits per heavy atom. The molecule has 1 heterocycles. The van der Waals surface area contributed by atoms with Crippen LogP contribution in [0.2, 0.25) is 5.02 Å². The van der Waals surface area contributed by atoms with Crippen molar-refractivity contribution in [1.82, 2.24) is 4.41 Å². The van der Waals surface area contributed by atoms with Gasteiger partial charge >= 0.3 is 0 Å². The first-order valence-electron chi connectivity index (χ1n) is 9.64. The van der Waals surface area contributed by atoms with Crippen LogP contribution < -0.4 is 4.72 Å². The summed E-state index contributed by atoms with van der Waals surface area (Å²) in [5, 5.41) is 4.92. The number of benzene rings is 3. The molecule has 0 saturated carbocycles. The zero-order valence-corrected chi connectivity index (χ0v) is 19.4. The fourth-order valence-corrected chi connectivity index (χ4v) is 5.59. The molecule has 10 heteroatoms. The molecule has 3 aromatic carbocycles. The van der Waals surface area contributed by atoms with Crippen LogP contribution in [0.15, 0.2) is 88.9 Å². The van der Waals surface area contributed by atoms with Gasteiger partial charge in [-0.05, 0) is 47.5 Å². The van der Waals surface area contributed by atoms with Crippen LogP contribution >= 0.6 is 11.6 Å². The van der Waals surface area contributed by atoms with Crippen molar-refractivity contribution in [2.24, 2.45) is 5.10 Å². The Labute approximate surface area is 192 Å². The first kappa shape index (κ1) is 22.3. The molecule has 0 amide bonds. The summed E-state index contributed by atoms with van der Waals surface area (Å²) in [7, 11) is -7.32. The minimum Gasteiger partial charge on any atom is -0.284 e. The predicted octanol–water partition coefficient (Wildman–Crippen LogP) is 4.25. The van der Waals surface area contributed by atoms with Crippen molar-refractivity contribution in [2.75, 3.05) is 11.0 Å². The van der Waals surface area contributed by atoms with Crippen molar-refractivity contribution in [3.63, 3.8) is 0 Å². The molecule has 0 radical (unpaired) electrons. The lowest BCUT2D eigenvalue weighted by Crippen LogP contribution is -2.27. The number of rotatable bonds is 6. The number of nitrogens with zero attached hydrogens (tertiary/aromatic N) is 2. The molecule has 166 valence electrons. The van der Waals surface area contributed by atoms with Gasteiger partial charge in [-0.25, -0.2) is 8.42 Å². The van der Waals surface area contributed by atoms with E-state index < -0.39 is 26.1 Å². The SMILES string of the molecule is CS(=O)(=O)Nc1ccc(C2=NN(S(=O)(=O)c3ccc(Cl)cc3)[C@H](c3ccccc3)C2)cc1. The van der Waals surface area contributed by atoms with Gasteiger partial charge in [0.25, 0.3) is 10.0 Å². The third-order valence-corrected chi connectivity index (χ3v) is 7.49. The largest absolute Gasteiger partial charge is 0.284 e. The van der Waals surface area contributed by atoms with Crippen LogP contribution in [0.5, 0.6) is 0 Å². The molecule has 0 aromatic heterocycles. The molecule has 7 nitrogen and oxygen atoms in total. The highest BCUT2D eigenvalue weighted by Gasteiger charge is 2.37. The molecule has 0 unspecified atom stereocenters. The van der Waals surface area contributed by atoms with E-state index in [1.54, 1.807) is 24.3 Å². The number of anilines is 1. The Bertz CT molecular complexity index is 1360. The van der Waals surface area contributed by atoms with E-state index in [0.29, 0.717) is 28.4 Å². The molecule has 1 atom stereocenters. The third kappa shape index (κ3) is 4.79. The van der Waals surface area contributed by atoms with Gasteiger partial charge in [0.05, 0.1) is 22.9 Å². The van der Waals surface area contributed by atoms with Crippen molar-refractivity contribution < 1.29 is 16.8 Å². The van der Waals surface area contributed by atoms with Gasteiger partial charge < -0.3 is 0 Å². The molecular formula is C22H20ClN3O4S2. The van der Waals surface area contributed by atoms with Crippen molar-refractivity contribution in [1.29, 1.82) is 0 Å². The maximum atomic E-state index is 13.4. The van der Waals surface area contributed by atoms with Gasteiger partial charge in [-0.1, -0.05) is 54.1 Å². The molecule has 1 aliphatic rings. The Hall–Kier alpha value is -2.88. The van der Waals surface area contributed by atoms with Crippen molar-refractivity contribution in [3.8, 4) is 0 Å². The summed E-state index contributed by atoms with van der Waals surface area (Å²) in [6.07, 6.45) is 1.45. The van der Waals surface area contributed by atoms with Crippen LogP contribution in [0.3, 0.4) is 0 Å². The maximum Gasteiger partial charge on any atom is 0.279 e. The number of halogens is 1. The number of hydrogen-bond donors (Lipinski definition) is 1. The summed E-state index contributed by atoms with van der Waals surface area (Å²) < 4.78 is 53.3. The van der Waals surface area contributed by atoms with Crippen LogP contribution in [0.1, 0.15) is 23.6 Å². The molecule has 32 heavy (non-hydrogen) atoms. The average Bonchev–Trinajstić information content (AvgIpc) is 3.21. The van der Waals surface area contributed by atoms with Crippen LogP contribution in [-0.2, 0) is 20.0 Å². The summed E-state index contributed by atoms with van der Waals surface area (Å²) in [5.41, 5.74) is 2.53. The standard InChI is InChI=1S/C22H20ClN3O4S2/c1-31(27,28)25-19-11-7-16(8-12-19)21-15-22(17-5-3-2-4-6-17)26(24-21)32(29,30)20-13-9-18(23)10-14-20/h2-14,22,25H,15H2,1H3/t22-/m0/s1. The van der Waals surface area contributed by atoms with Gasteiger partial charge in [-0.15, -0.1) is 0 Å². The summed E-state index contributed by atoms with van der Waals surface area (Å²) >= 11 is 5.92. The molecule has 1 N–H and O–H groups in total. The lowest BCUT2D eigenvalue weighted by molar-refractivity contribution is 0.371. The normalized spacial score (nSPS) is 16.6. The van der Waals surface area contributed by atoms with Crippen LogP contribution in [0.4, 0.5) is 5.69 Å². The van der Waals surface area contributed by atoms with Crippen LogP contribution in [0.25, 0.3) is 0 Å². The Morgan fingerprint density at radius 1 is 0.906 bits per heavy atom. The summed E-state index contributed by atoms with van der Waals surface area (Å²) in [6, 6.07) is 21.4. The van der Waals surface area contributed by atoms with Gasteiger partial charge in [0, 0.05) is 17.1 Å². The van der Waals surface area contributed by atoms with Gasteiger partial charge in [-0.2, -0.15) is 17.9 Å². The van der Waals surface area contributed by atoms with Gasteiger partial charge in [0.15, 0.2) is 0 Å². The van der Waals surface area contributed by atoms with Crippen molar-refractivity contribution in [2.45, 2.75) is 17.4 Å². The smallest absolute Gasteiger partial charge is 0.279 e. The summed E-state index contributed by atoms with van der Waals surface area (Å²) in [6.45, 7) is 0. The monoisotopic (exact) mass is 489 g/mol. The second-order valence-electron chi connectivity index (χ2n) is 7.36. The quantitative estimate of drug-likeness (QED) is 0.559. The number of hydrazone groups is 1. The van der Waals surface area contributed by atoms with E-state index >= 15 is 0 Å². The van der Waals surface area contributed by atoms with E-state index in [-0.39, 0.29) is 4.90 Å². The second-order valence-corrected chi connectivity index (χ2v) is 11.3. The highest BCUT2D eigenvalue weighted by molar-refractivity contribution is 7.92. The molecule has 0 saturated heterocycles. The highest BCUT2D eigenvalue weighted by Crippen LogP contribution is 2.37. The van der Waals surface area contributed by atoms with E-state index in [0.717, 1.165) is 16.2 Å².